The number of aliphatic hydroxyl groups is 1. The molecule has 0 saturated carbocycles. The summed E-state index contributed by atoms with van der Waals surface area (Å²) < 4.78 is 5.14. The second-order valence-corrected chi connectivity index (χ2v) is 4.28. The van der Waals surface area contributed by atoms with Crippen LogP contribution >= 0.6 is 0 Å². The molecule has 1 aromatic carbocycles. The van der Waals surface area contributed by atoms with Crippen LogP contribution < -0.4 is 10.1 Å². The third-order valence-corrected chi connectivity index (χ3v) is 2.57. The van der Waals surface area contributed by atoms with Gasteiger partial charge < -0.3 is 20.3 Å². The van der Waals surface area contributed by atoms with Crippen LogP contribution in [0.1, 0.15) is 18.1 Å². The van der Waals surface area contributed by atoms with E-state index in [1.54, 1.807) is 19.1 Å². The summed E-state index contributed by atoms with van der Waals surface area (Å²) in [7, 11) is 1.53. The number of hydrogen-bond acceptors (Lipinski definition) is 4. The van der Waals surface area contributed by atoms with Gasteiger partial charge in [-0.1, -0.05) is 12.1 Å². The molecule has 0 aliphatic carbocycles. The van der Waals surface area contributed by atoms with E-state index in [1.807, 2.05) is 6.07 Å². The fourth-order valence-electron chi connectivity index (χ4n) is 1.72. The van der Waals surface area contributed by atoms with Crippen molar-refractivity contribution in [3.63, 3.8) is 0 Å². The van der Waals surface area contributed by atoms with Gasteiger partial charge in [0.05, 0.1) is 13.2 Å². The van der Waals surface area contributed by atoms with Gasteiger partial charge in [0.1, 0.15) is 0 Å². The number of benzene rings is 1. The zero-order chi connectivity index (χ0) is 13.5. The molecule has 1 unspecified atom stereocenters. The number of nitrogens with one attached hydrogen (secondary N) is 1. The summed E-state index contributed by atoms with van der Waals surface area (Å²) in [5.41, 5.74) is 1.79. The Kier molecular flexibility index (Phi) is 5.68. The highest BCUT2D eigenvalue weighted by Gasteiger charge is 2.10. The molecular weight excluding hydrogens is 230 g/mol. The molecule has 0 aromatic heterocycles. The number of allylic oxidation sites excluding steroid dienone is 1. The fraction of sp³-hybridized carbons (Fsp3) is 0.429. The van der Waals surface area contributed by atoms with E-state index in [0.29, 0.717) is 18.8 Å². The number of hydrogen-bond donors (Lipinski definition) is 3. The van der Waals surface area contributed by atoms with E-state index in [0.717, 1.165) is 17.5 Å². The van der Waals surface area contributed by atoms with E-state index in [-0.39, 0.29) is 5.75 Å². The molecule has 3 N–H and O–H groups in total. The van der Waals surface area contributed by atoms with E-state index in [9.17, 15) is 10.2 Å². The number of rotatable bonds is 7. The Hall–Kier alpha value is -1.52. The molecule has 0 radical (unpaired) electrons. The van der Waals surface area contributed by atoms with Crippen molar-refractivity contribution >= 4 is 0 Å². The maximum Gasteiger partial charge on any atom is 0.162 e. The largest absolute Gasteiger partial charge is 0.504 e. The van der Waals surface area contributed by atoms with Gasteiger partial charge in [-0.2, -0.15) is 0 Å². The van der Waals surface area contributed by atoms with Crippen LogP contribution in [0.2, 0.25) is 0 Å². The van der Waals surface area contributed by atoms with Crippen molar-refractivity contribution in [2.24, 2.45) is 0 Å². The molecular formula is C14H21NO3. The lowest BCUT2D eigenvalue weighted by molar-refractivity contribution is 0.191. The quantitative estimate of drug-likeness (QED) is 0.644. The Bertz CT molecular complexity index is 402. The molecule has 0 bridgehead atoms. The number of phenols is 1. The second kappa shape index (κ2) is 7.03. The fourth-order valence-corrected chi connectivity index (χ4v) is 1.72. The Balaban J connectivity index is 2.86. The van der Waals surface area contributed by atoms with E-state index in [1.165, 1.54) is 7.11 Å². The Morgan fingerprint density at radius 3 is 2.78 bits per heavy atom. The molecule has 0 amide bonds. The minimum atomic E-state index is -0.412. The zero-order valence-corrected chi connectivity index (χ0v) is 10.9. The van der Waals surface area contributed by atoms with Crippen LogP contribution in [0.3, 0.4) is 0 Å². The molecule has 1 rings (SSSR count). The first-order valence-electron chi connectivity index (χ1n) is 5.97. The SMILES string of the molecule is C=CCc1cc(CNCC(C)O)c(O)c(OC)c1. The summed E-state index contributed by atoms with van der Waals surface area (Å²) >= 11 is 0. The van der Waals surface area contributed by atoms with Gasteiger partial charge in [-0.3, -0.25) is 0 Å². The summed E-state index contributed by atoms with van der Waals surface area (Å²) in [6, 6.07) is 3.71. The minimum Gasteiger partial charge on any atom is -0.504 e. The monoisotopic (exact) mass is 251 g/mol. The predicted octanol–water partition coefficient (Wildman–Crippen LogP) is 1.60. The van der Waals surface area contributed by atoms with Crippen LogP contribution in [0.4, 0.5) is 0 Å². The topological polar surface area (TPSA) is 61.7 Å². The van der Waals surface area contributed by atoms with Crippen LogP contribution in [0.5, 0.6) is 11.5 Å². The number of aromatic hydroxyl groups is 1. The maximum absolute atomic E-state index is 9.99. The van der Waals surface area contributed by atoms with Crippen molar-refractivity contribution in [3.8, 4) is 11.5 Å². The molecule has 0 aliphatic heterocycles. The van der Waals surface area contributed by atoms with Gasteiger partial charge in [0.15, 0.2) is 11.5 Å². The Morgan fingerprint density at radius 2 is 2.22 bits per heavy atom. The predicted molar refractivity (Wildman–Crippen MR) is 71.9 cm³/mol. The van der Waals surface area contributed by atoms with E-state index in [4.69, 9.17) is 4.74 Å². The first kappa shape index (κ1) is 14.5. The highest BCUT2D eigenvalue weighted by molar-refractivity contribution is 5.48. The molecule has 0 heterocycles. The molecule has 0 saturated heterocycles. The van der Waals surface area contributed by atoms with Crippen LogP contribution in [0, 0.1) is 0 Å². The molecule has 4 heteroatoms. The standard InChI is InChI=1S/C14H21NO3/c1-4-5-11-6-12(9-15-8-10(2)16)14(17)13(7-11)18-3/h4,6-7,10,15-17H,1,5,8-9H2,2-3H3. The summed E-state index contributed by atoms with van der Waals surface area (Å²) in [6.07, 6.45) is 2.11. The molecule has 100 valence electrons. The number of phenolic OH excluding ortho intramolecular Hbond substituents is 1. The van der Waals surface area contributed by atoms with Crippen LogP contribution in [-0.2, 0) is 13.0 Å². The first-order valence-corrected chi connectivity index (χ1v) is 5.97. The zero-order valence-electron chi connectivity index (χ0n) is 10.9. The van der Waals surface area contributed by atoms with Crippen molar-refractivity contribution in [1.82, 2.24) is 5.32 Å². The van der Waals surface area contributed by atoms with Crippen LogP contribution in [0.15, 0.2) is 24.8 Å². The van der Waals surface area contributed by atoms with Gasteiger partial charge >= 0.3 is 0 Å². The molecule has 1 aromatic rings. The van der Waals surface area contributed by atoms with Gasteiger partial charge in [-0.15, -0.1) is 6.58 Å². The number of aliphatic hydroxyl groups excluding tert-OH is 1. The molecule has 0 aliphatic rings. The maximum atomic E-state index is 9.99. The highest BCUT2D eigenvalue weighted by atomic mass is 16.5. The lowest BCUT2D eigenvalue weighted by Gasteiger charge is -2.13. The average molecular weight is 251 g/mol. The smallest absolute Gasteiger partial charge is 0.162 e. The van der Waals surface area contributed by atoms with Crippen LogP contribution in [0.25, 0.3) is 0 Å². The van der Waals surface area contributed by atoms with Crippen molar-refractivity contribution in [3.05, 3.63) is 35.9 Å². The lowest BCUT2D eigenvalue weighted by Crippen LogP contribution is -2.24. The van der Waals surface area contributed by atoms with Gasteiger partial charge in [0, 0.05) is 18.7 Å². The highest BCUT2D eigenvalue weighted by Crippen LogP contribution is 2.31. The summed E-state index contributed by atoms with van der Waals surface area (Å²) in [5.74, 6) is 0.603. The van der Waals surface area contributed by atoms with Crippen LogP contribution in [-0.4, -0.2) is 30.0 Å². The van der Waals surface area contributed by atoms with Gasteiger partial charge in [0.2, 0.25) is 0 Å². The third kappa shape index (κ3) is 4.05. The Labute approximate surface area is 108 Å². The number of methoxy groups -OCH3 is 1. The lowest BCUT2D eigenvalue weighted by atomic mass is 10.1. The summed E-state index contributed by atoms with van der Waals surface area (Å²) in [6.45, 7) is 6.37. The van der Waals surface area contributed by atoms with Crippen molar-refractivity contribution in [2.45, 2.75) is 26.0 Å². The van der Waals surface area contributed by atoms with Crippen molar-refractivity contribution < 1.29 is 14.9 Å². The first-order chi connectivity index (χ1) is 8.58. The number of ether oxygens (including phenoxy) is 1. The molecule has 1 atom stereocenters. The van der Waals surface area contributed by atoms with Gasteiger partial charge in [-0.25, -0.2) is 0 Å². The van der Waals surface area contributed by atoms with Gasteiger partial charge in [0.25, 0.3) is 0 Å². The summed E-state index contributed by atoms with van der Waals surface area (Å²) in [4.78, 5) is 0. The van der Waals surface area contributed by atoms with Gasteiger partial charge in [-0.05, 0) is 25.0 Å². The normalized spacial score (nSPS) is 12.2. The van der Waals surface area contributed by atoms with E-state index in [2.05, 4.69) is 11.9 Å². The summed E-state index contributed by atoms with van der Waals surface area (Å²) in [5, 5.41) is 22.2. The molecule has 0 fully saturated rings. The van der Waals surface area contributed by atoms with E-state index < -0.39 is 6.10 Å². The minimum absolute atomic E-state index is 0.142. The molecule has 0 spiro atoms. The average Bonchev–Trinajstić information content (AvgIpc) is 2.32. The molecule has 18 heavy (non-hydrogen) atoms. The molecule has 4 nitrogen and oxygen atoms in total. The third-order valence-electron chi connectivity index (χ3n) is 2.57. The van der Waals surface area contributed by atoms with Crippen molar-refractivity contribution in [2.75, 3.05) is 13.7 Å². The van der Waals surface area contributed by atoms with E-state index >= 15 is 0 Å². The Morgan fingerprint density at radius 1 is 1.50 bits per heavy atom. The van der Waals surface area contributed by atoms with Crippen molar-refractivity contribution in [1.29, 1.82) is 0 Å². The second-order valence-electron chi connectivity index (χ2n) is 4.28.